The van der Waals surface area contributed by atoms with Crippen LogP contribution < -0.4 is 11.2 Å². The molecule has 0 unspecified atom stereocenters. The van der Waals surface area contributed by atoms with Crippen molar-refractivity contribution in [1.82, 2.24) is 29.8 Å². The first-order chi connectivity index (χ1) is 17.4. The van der Waals surface area contributed by atoms with Crippen LogP contribution in [0.3, 0.4) is 0 Å². The van der Waals surface area contributed by atoms with Gasteiger partial charge in [0.15, 0.2) is 0 Å². The third-order valence-corrected chi connectivity index (χ3v) is 5.88. The van der Waals surface area contributed by atoms with Crippen LogP contribution in [-0.4, -0.2) is 48.4 Å². The third-order valence-electron chi connectivity index (χ3n) is 5.88. The second-order valence-corrected chi connectivity index (χ2v) is 8.32. The summed E-state index contributed by atoms with van der Waals surface area (Å²) < 4.78 is 26.2. The molecular weight excluding hydrogens is 471 g/mol. The summed E-state index contributed by atoms with van der Waals surface area (Å²) in [5, 5.41) is 12.6. The molecule has 3 atom stereocenters. The highest BCUT2D eigenvalue weighted by atomic mass is 19.1. The lowest BCUT2D eigenvalue weighted by Gasteiger charge is -2.17. The van der Waals surface area contributed by atoms with Crippen molar-refractivity contribution in [3.05, 3.63) is 98.6 Å². The number of aromatic nitrogens is 6. The van der Waals surface area contributed by atoms with Gasteiger partial charge in [0.25, 0.3) is 5.56 Å². The maximum Gasteiger partial charge on any atom is 0.338 e. The van der Waals surface area contributed by atoms with E-state index in [0.29, 0.717) is 16.7 Å². The predicted molar refractivity (Wildman–Crippen MR) is 124 cm³/mol. The fourth-order valence-electron chi connectivity index (χ4n) is 3.97. The van der Waals surface area contributed by atoms with Crippen molar-refractivity contribution < 1.29 is 18.7 Å². The maximum absolute atomic E-state index is 13.3. The van der Waals surface area contributed by atoms with E-state index < -0.39 is 35.6 Å². The number of carbonyl (C=O) groups excluding carboxylic acids is 1. The summed E-state index contributed by atoms with van der Waals surface area (Å²) in [7, 11) is 0. The second-order valence-electron chi connectivity index (χ2n) is 8.32. The lowest BCUT2D eigenvalue weighted by molar-refractivity contribution is -0.0419. The summed E-state index contributed by atoms with van der Waals surface area (Å²) >= 11 is 0. The number of carbonyl (C=O) groups is 1. The molecule has 1 fully saturated rings. The van der Waals surface area contributed by atoms with E-state index in [1.165, 1.54) is 39.8 Å². The molecule has 0 spiro atoms. The van der Waals surface area contributed by atoms with Crippen LogP contribution in [0.1, 0.15) is 34.6 Å². The van der Waals surface area contributed by atoms with E-state index >= 15 is 0 Å². The van der Waals surface area contributed by atoms with Gasteiger partial charge in [0.2, 0.25) is 5.82 Å². The molecule has 2 aromatic carbocycles. The first-order valence-corrected chi connectivity index (χ1v) is 11.1. The van der Waals surface area contributed by atoms with Crippen LogP contribution in [0.25, 0.3) is 11.4 Å². The number of nitrogens with one attached hydrogen (secondary N) is 1. The molecular formula is C24H21FN6O5. The Morgan fingerprint density at radius 1 is 1.17 bits per heavy atom. The van der Waals surface area contributed by atoms with E-state index in [9.17, 15) is 18.8 Å². The summed E-state index contributed by atoms with van der Waals surface area (Å²) in [4.78, 5) is 40.4. The van der Waals surface area contributed by atoms with Crippen molar-refractivity contribution in [1.29, 1.82) is 0 Å². The quantitative estimate of drug-likeness (QED) is 0.404. The minimum absolute atomic E-state index is 0.139. The van der Waals surface area contributed by atoms with Gasteiger partial charge in [-0.25, -0.2) is 14.0 Å². The number of ether oxygens (including phenoxy) is 2. The molecule has 0 amide bonds. The number of H-pyrrole nitrogens is 1. The fraction of sp³-hybridized carbons (Fsp3) is 0.250. The molecule has 36 heavy (non-hydrogen) atoms. The van der Waals surface area contributed by atoms with Gasteiger partial charge in [-0.2, -0.15) is 4.80 Å². The van der Waals surface area contributed by atoms with Crippen LogP contribution in [0.2, 0.25) is 0 Å². The maximum atomic E-state index is 13.3. The van der Waals surface area contributed by atoms with Gasteiger partial charge in [0.05, 0.1) is 5.56 Å². The lowest BCUT2D eigenvalue weighted by Crippen LogP contribution is -2.33. The van der Waals surface area contributed by atoms with Crippen molar-refractivity contribution in [2.75, 3.05) is 6.61 Å². The number of halogens is 1. The molecule has 0 radical (unpaired) electrons. The summed E-state index contributed by atoms with van der Waals surface area (Å²) in [6.45, 7) is 1.44. The summed E-state index contributed by atoms with van der Waals surface area (Å²) in [5.41, 5.74) is 0.174. The Kier molecular flexibility index (Phi) is 6.25. The van der Waals surface area contributed by atoms with Crippen LogP contribution >= 0.6 is 0 Å². The SMILES string of the molecule is Cc1cn([C@@H]2C[C@@H](n3nnc(-c4ccc(F)cc4)n3)[C@H](COC(=O)c3ccccc3)O2)c(=O)[nH]c1=O. The average Bonchev–Trinajstić information content (AvgIpc) is 3.53. The van der Waals surface area contributed by atoms with E-state index in [4.69, 9.17) is 9.47 Å². The van der Waals surface area contributed by atoms with Crippen molar-refractivity contribution >= 4 is 5.97 Å². The minimum atomic E-state index is -0.779. The zero-order chi connectivity index (χ0) is 25.2. The van der Waals surface area contributed by atoms with Gasteiger partial charge in [-0.15, -0.1) is 10.2 Å². The first kappa shape index (κ1) is 23.3. The Labute approximate surface area is 203 Å². The topological polar surface area (TPSA) is 134 Å². The fourth-order valence-corrected chi connectivity index (χ4v) is 3.97. The molecule has 5 rings (SSSR count). The number of hydrogen-bond donors (Lipinski definition) is 1. The molecule has 2 aromatic heterocycles. The summed E-state index contributed by atoms with van der Waals surface area (Å²) in [6, 6.07) is 13.6. The van der Waals surface area contributed by atoms with Crippen molar-refractivity contribution in [2.45, 2.75) is 31.7 Å². The second kappa shape index (κ2) is 9.66. The molecule has 1 aliphatic rings. The zero-order valence-electron chi connectivity index (χ0n) is 19.1. The molecule has 1 aliphatic heterocycles. The molecule has 3 heterocycles. The van der Waals surface area contributed by atoms with Gasteiger partial charge in [-0.05, 0) is 48.5 Å². The van der Waals surface area contributed by atoms with Crippen LogP contribution in [0, 0.1) is 12.7 Å². The zero-order valence-corrected chi connectivity index (χ0v) is 19.1. The van der Waals surface area contributed by atoms with Crippen LogP contribution in [0.5, 0.6) is 0 Å². The number of nitrogens with zero attached hydrogens (tertiary/aromatic N) is 5. The molecule has 184 valence electrons. The first-order valence-electron chi connectivity index (χ1n) is 11.1. The number of tetrazole rings is 1. The molecule has 1 saturated heterocycles. The van der Waals surface area contributed by atoms with Gasteiger partial charge < -0.3 is 9.47 Å². The number of rotatable bonds is 6. The van der Waals surface area contributed by atoms with Crippen molar-refractivity contribution in [3.8, 4) is 11.4 Å². The van der Waals surface area contributed by atoms with Gasteiger partial charge in [-0.1, -0.05) is 18.2 Å². The third kappa shape index (κ3) is 4.70. The molecule has 0 saturated carbocycles. The molecule has 4 aromatic rings. The number of aromatic amines is 1. The monoisotopic (exact) mass is 492 g/mol. The Morgan fingerprint density at radius 2 is 1.92 bits per heavy atom. The van der Waals surface area contributed by atoms with Crippen LogP contribution in [0.15, 0.2) is 70.4 Å². The lowest BCUT2D eigenvalue weighted by atomic mass is 10.1. The highest BCUT2D eigenvalue weighted by Crippen LogP contribution is 2.36. The number of aryl methyl sites for hydroxylation is 1. The van der Waals surface area contributed by atoms with Gasteiger partial charge >= 0.3 is 11.7 Å². The van der Waals surface area contributed by atoms with Crippen molar-refractivity contribution in [3.63, 3.8) is 0 Å². The molecule has 0 bridgehead atoms. The molecule has 1 N–H and O–H groups in total. The minimum Gasteiger partial charge on any atom is -0.459 e. The van der Waals surface area contributed by atoms with E-state index in [-0.39, 0.29) is 24.7 Å². The van der Waals surface area contributed by atoms with Gasteiger partial charge in [0.1, 0.15) is 30.8 Å². The van der Waals surface area contributed by atoms with Crippen LogP contribution in [0.4, 0.5) is 4.39 Å². The number of esters is 1. The smallest absolute Gasteiger partial charge is 0.338 e. The van der Waals surface area contributed by atoms with E-state index in [1.54, 1.807) is 37.3 Å². The Hall–Kier alpha value is -4.45. The predicted octanol–water partition coefficient (Wildman–Crippen LogP) is 2.02. The van der Waals surface area contributed by atoms with Crippen molar-refractivity contribution in [2.24, 2.45) is 0 Å². The molecule has 0 aliphatic carbocycles. The summed E-state index contributed by atoms with van der Waals surface area (Å²) in [6.07, 6.45) is 0.147. The molecule has 11 nitrogen and oxygen atoms in total. The van der Waals surface area contributed by atoms with E-state index in [1.807, 2.05) is 0 Å². The number of hydrogen-bond acceptors (Lipinski definition) is 8. The highest BCUT2D eigenvalue weighted by molar-refractivity contribution is 5.89. The Morgan fingerprint density at radius 3 is 2.67 bits per heavy atom. The largest absolute Gasteiger partial charge is 0.459 e. The number of benzene rings is 2. The van der Waals surface area contributed by atoms with E-state index in [0.717, 1.165) is 0 Å². The Balaban J connectivity index is 1.42. The van der Waals surface area contributed by atoms with Gasteiger partial charge in [-0.3, -0.25) is 14.3 Å². The highest BCUT2D eigenvalue weighted by Gasteiger charge is 2.40. The van der Waals surface area contributed by atoms with Crippen LogP contribution in [-0.2, 0) is 9.47 Å². The summed E-state index contributed by atoms with van der Waals surface area (Å²) in [5.74, 6) is -0.646. The Bertz CT molecular complexity index is 1500. The van der Waals surface area contributed by atoms with Gasteiger partial charge in [0, 0.05) is 23.7 Å². The average molecular weight is 492 g/mol. The van der Waals surface area contributed by atoms with E-state index in [2.05, 4.69) is 20.4 Å². The standard InChI is InChI=1S/C24H21FN6O5/c1-14-12-30(24(34)26-22(14)32)20-11-18(19(36-20)13-35-23(33)16-5-3-2-4-6-16)31-28-21(27-29-31)15-7-9-17(25)10-8-15/h2-10,12,18-20H,11,13H2,1H3,(H,26,32,34)/t18-,19+,20+/m1/s1. The normalized spacial score (nSPS) is 19.3. The molecule has 12 heteroatoms.